The molecule has 2 rings (SSSR count). The fraction of sp³-hybridized carbons (Fsp3) is 1.00. The van der Waals surface area contributed by atoms with Crippen LogP contribution in [-0.4, -0.2) is 39.0 Å². The number of hydrogen-bond acceptors (Lipinski definition) is 4. The Morgan fingerprint density at radius 3 is 2.35 bits per heavy atom. The molecule has 0 aromatic carbocycles. The molecule has 0 bridgehead atoms. The molecular weight excluding hydrogens is 240 g/mol. The Labute approximate surface area is 103 Å². The third kappa shape index (κ3) is 2.99. The van der Waals surface area contributed by atoms with Crippen molar-refractivity contribution in [1.29, 1.82) is 0 Å². The summed E-state index contributed by atoms with van der Waals surface area (Å²) >= 11 is 0. The molecule has 6 heteroatoms. The molecule has 2 fully saturated rings. The van der Waals surface area contributed by atoms with E-state index in [0.717, 1.165) is 25.7 Å². The van der Waals surface area contributed by atoms with Crippen LogP contribution in [0.15, 0.2) is 0 Å². The molecule has 0 atom stereocenters. The number of rotatable bonds is 4. The molecule has 3 N–H and O–H groups in total. The minimum atomic E-state index is -3.25. The van der Waals surface area contributed by atoms with Crippen LogP contribution in [0.4, 0.5) is 0 Å². The van der Waals surface area contributed by atoms with Gasteiger partial charge in [0.25, 0.3) is 0 Å². The van der Waals surface area contributed by atoms with Gasteiger partial charge in [-0.15, -0.1) is 0 Å². The van der Waals surface area contributed by atoms with Crippen LogP contribution >= 0.6 is 0 Å². The van der Waals surface area contributed by atoms with Gasteiger partial charge >= 0.3 is 0 Å². The second-order valence-electron chi connectivity index (χ2n) is 5.15. The van der Waals surface area contributed by atoms with Gasteiger partial charge in [0.1, 0.15) is 0 Å². The summed E-state index contributed by atoms with van der Waals surface area (Å²) in [5.41, 5.74) is 5.38. The Kier molecular flexibility index (Phi) is 4.07. The maximum absolute atomic E-state index is 12.3. The summed E-state index contributed by atoms with van der Waals surface area (Å²) < 4.78 is 32.6. The standard InChI is InChI=1S/C11H22N2O3S/c12-9-11(5-1-2-6-11)13-17(14,15)10-3-7-16-8-4-10/h10,13H,1-9,12H2. The second-order valence-corrected chi connectivity index (χ2v) is 7.11. The number of sulfonamides is 1. The first-order valence-electron chi connectivity index (χ1n) is 6.39. The van der Waals surface area contributed by atoms with Gasteiger partial charge in [-0.3, -0.25) is 0 Å². The van der Waals surface area contributed by atoms with Gasteiger partial charge in [0.2, 0.25) is 10.0 Å². The van der Waals surface area contributed by atoms with E-state index in [1.807, 2.05) is 0 Å². The van der Waals surface area contributed by atoms with E-state index in [4.69, 9.17) is 10.5 Å². The molecule has 0 aromatic rings. The van der Waals surface area contributed by atoms with Crippen molar-refractivity contribution in [2.24, 2.45) is 5.73 Å². The van der Waals surface area contributed by atoms with Crippen molar-refractivity contribution in [3.05, 3.63) is 0 Å². The van der Waals surface area contributed by atoms with Crippen molar-refractivity contribution in [3.63, 3.8) is 0 Å². The van der Waals surface area contributed by atoms with Crippen LogP contribution in [0.2, 0.25) is 0 Å². The van der Waals surface area contributed by atoms with Crippen LogP contribution in [0.5, 0.6) is 0 Å². The van der Waals surface area contributed by atoms with Crippen molar-refractivity contribution in [1.82, 2.24) is 4.72 Å². The van der Waals surface area contributed by atoms with Gasteiger partial charge in [-0.1, -0.05) is 12.8 Å². The van der Waals surface area contributed by atoms with Gasteiger partial charge in [-0.2, -0.15) is 0 Å². The largest absolute Gasteiger partial charge is 0.381 e. The zero-order chi connectivity index (χ0) is 12.4. The minimum absolute atomic E-state index is 0.305. The summed E-state index contributed by atoms with van der Waals surface area (Å²) in [6, 6.07) is 0. The molecule has 5 nitrogen and oxygen atoms in total. The number of hydrogen-bond donors (Lipinski definition) is 2. The molecule has 1 saturated heterocycles. The highest BCUT2D eigenvalue weighted by molar-refractivity contribution is 7.90. The van der Waals surface area contributed by atoms with Gasteiger partial charge in [-0.25, -0.2) is 13.1 Å². The lowest BCUT2D eigenvalue weighted by Crippen LogP contribution is -2.54. The number of nitrogens with two attached hydrogens (primary N) is 1. The Bertz CT molecular complexity index is 344. The van der Waals surface area contributed by atoms with E-state index in [1.54, 1.807) is 0 Å². The fourth-order valence-corrected chi connectivity index (χ4v) is 4.64. The van der Waals surface area contributed by atoms with Crippen LogP contribution in [0.25, 0.3) is 0 Å². The summed E-state index contributed by atoms with van der Waals surface area (Å²) in [6.07, 6.45) is 5.05. The van der Waals surface area contributed by atoms with E-state index in [2.05, 4.69) is 4.72 Å². The number of nitrogens with one attached hydrogen (secondary N) is 1. The summed E-state index contributed by atoms with van der Waals surface area (Å²) in [6.45, 7) is 1.48. The lowest BCUT2D eigenvalue weighted by atomic mass is 10.0. The first kappa shape index (κ1) is 13.3. The molecular formula is C11H22N2O3S. The maximum Gasteiger partial charge on any atom is 0.215 e. The Morgan fingerprint density at radius 2 is 1.82 bits per heavy atom. The second kappa shape index (κ2) is 5.22. The smallest absolute Gasteiger partial charge is 0.215 e. The van der Waals surface area contributed by atoms with Crippen molar-refractivity contribution >= 4 is 10.0 Å². The van der Waals surface area contributed by atoms with Crippen LogP contribution in [0, 0.1) is 0 Å². The van der Waals surface area contributed by atoms with Crippen molar-refractivity contribution in [3.8, 4) is 0 Å². The van der Waals surface area contributed by atoms with E-state index in [9.17, 15) is 8.42 Å². The van der Waals surface area contributed by atoms with E-state index < -0.39 is 10.0 Å². The van der Waals surface area contributed by atoms with Gasteiger partial charge < -0.3 is 10.5 Å². The van der Waals surface area contributed by atoms with Gasteiger partial charge in [0.15, 0.2) is 0 Å². The first-order valence-corrected chi connectivity index (χ1v) is 7.93. The van der Waals surface area contributed by atoms with Crippen LogP contribution in [-0.2, 0) is 14.8 Å². The summed E-state index contributed by atoms with van der Waals surface area (Å²) in [4.78, 5) is 0. The predicted octanol–water partition coefficient (Wildman–Crippen LogP) is 0.356. The molecule has 1 aliphatic carbocycles. The molecule has 0 radical (unpaired) electrons. The highest BCUT2D eigenvalue weighted by atomic mass is 32.2. The van der Waals surface area contributed by atoms with Crippen molar-refractivity contribution in [2.75, 3.05) is 19.8 Å². The normalized spacial score (nSPS) is 26.2. The topological polar surface area (TPSA) is 81.4 Å². The Balaban J connectivity index is 2.05. The molecule has 1 heterocycles. The van der Waals surface area contributed by atoms with Gasteiger partial charge in [0.05, 0.1) is 5.25 Å². The van der Waals surface area contributed by atoms with E-state index in [-0.39, 0.29) is 10.8 Å². The van der Waals surface area contributed by atoms with Gasteiger partial charge in [-0.05, 0) is 25.7 Å². The third-order valence-electron chi connectivity index (χ3n) is 3.92. The van der Waals surface area contributed by atoms with E-state index >= 15 is 0 Å². The first-order chi connectivity index (χ1) is 8.08. The average Bonchev–Trinajstić information content (AvgIpc) is 2.79. The predicted molar refractivity (Wildman–Crippen MR) is 66.1 cm³/mol. The zero-order valence-corrected chi connectivity index (χ0v) is 11.0. The van der Waals surface area contributed by atoms with E-state index in [0.29, 0.717) is 32.6 Å². The minimum Gasteiger partial charge on any atom is -0.381 e. The summed E-state index contributed by atoms with van der Waals surface area (Å²) in [5, 5.41) is -0.305. The third-order valence-corrected chi connectivity index (χ3v) is 5.98. The molecule has 0 aromatic heterocycles. The highest BCUT2D eigenvalue weighted by Gasteiger charge is 2.39. The molecule has 1 aliphatic heterocycles. The van der Waals surface area contributed by atoms with Crippen molar-refractivity contribution in [2.45, 2.75) is 49.3 Å². The molecule has 0 amide bonds. The van der Waals surface area contributed by atoms with Crippen molar-refractivity contribution < 1.29 is 13.2 Å². The summed E-state index contributed by atoms with van der Waals surface area (Å²) in [5.74, 6) is 0. The SMILES string of the molecule is NCC1(NS(=O)(=O)C2CCOCC2)CCCC1. The quantitative estimate of drug-likeness (QED) is 0.766. The monoisotopic (exact) mass is 262 g/mol. The van der Waals surface area contributed by atoms with Crippen LogP contribution in [0.3, 0.4) is 0 Å². The molecule has 2 aliphatic rings. The van der Waals surface area contributed by atoms with E-state index in [1.165, 1.54) is 0 Å². The molecule has 1 saturated carbocycles. The van der Waals surface area contributed by atoms with Crippen LogP contribution in [0.1, 0.15) is 38.5 Å². The van der Waals surface area contributed by atoms with Crippen LogP contribution < -0.4 is 10.5 Å². The Morgan fingerprint density at radius 1 is 1.24 bits per heavy atom. The molecule has 100 valence electrons. The molecule has 0 unspecified atom stereocenters. The highest BCUT2D eigenvalue weighted by Crippen LogP contribution is 2.30. The molecule has 17 heavy (non-hydrogen) atoms. The van der Waals surface area contributed by atoms with Gasteiger partial charge in [0, 0.05) is 25.3 Å². The summed E-state index contributed by atoms with van der Waals surface area (Å²) in [7, 11) is -3.25. The zero-order valence-electron chi connectivity index (χ0n) is 10.2. The fourth-order valence-electron chi connectivity index (χ4n) is 2.77. The molecule has 0 spiro atoms. The Hall–Kier alpha value is -0.170. The average molecular weight is 262 g/mol. The number of ether oxygens (including phenoxy) is 1. The maximum atomic E-state index is 12.3. The lowest BCUT2D eigenvalue weighted by molar-refractivity contribution is 0.0979. The lowest BCUT2D eigenvalue weighted by Gasteiger charge is -2.32.